The summed E-state index contributed by atoms with van der Waals surface area (Å²) in [7, 11) is 0. The van der Waals surface area contributed by atoms with Crippen LogP contribution in [0.2, 0.25) is 5.02 Å². The summed E-state index contributed by atoms with van der Waals surface area (Å²) in [5.41, 5.74) is 1.02. The van der Waals surface area contributed by atoms with Crippen LogP contribution in [0.15, 0.2) is 36.7 Å². The Labute approximate surface area is 134 Å². The van der Waals surface area contributed by atoms with Gasteiger partial charge in [-0.1, -0.05) is 24.4 Å². The largest absolute Gasteiger partial charge is 0.367 e. The highest BCUT2D eigenvalue weighted by molar-refractivity contribution is 6.30. The average molecular weight is 317 g/mol. The Hall–Kier alpha value is -2.14. The van der Waals surface area contributed by atoms with E-state index < -0.39 is 0 Å². The van der Waals surface area contributed by atoms with Gasteiger partial charge in [0.1, 0.15) is 17.8 Å². The smallest absolute Gasteiger partial charge is 0.274 e. The Morgan fingerprint density at radius 3 is 2.59 bits per heavy atom. The fraction of sp³-hybridized carbons (Fsp3) is 0.312. The van der Waals surface area contributed by atoms with Crippen LogP contribution in [-0.2, 0) is 0 Å². The highest BCUT2D eigenvalue weighted by atomic mass is 35.5. The lowest BCUT2D eigenvalue weighted by Crippen LogP contribution is -2.18. The van der Waals surface area contributed by atoms with E-state index in [9.17, 15) is 4.79 Å². The lowest BCUT2D eigenvalue weighted by Gasteiger charge is -2.12. The van der Waals surface area contributed by atoms with E-state index in [4.69, 9.17) is 11.6 Å². The van der Waals surface area contributed by atoms with Crippen molar-refractivity contribution in [1.29, 1.82) is 0 Å². The van der Waals surface area contributed by atoms with E-state index in [-0.39, 0.29) is 5.91 Å². The predicted molar refractivity (Wildman–Crippen MR) is 87.3 cm³/mol. The summed E-state index contributed by atoms with van der Waals surface area (Å²) in [4.78, 5) is 20.4. The first-order valence-electron chi connectivity index (χ1n) is 7.36. The summed E-state index contributed by atoms with van der Waals surface area (Å²) in [6.07, 6.45) is 6.19. The van der Waals surface area contributed by atoms with Crippen molar-refractivity contribution < 1.29 is 4.79 Å². The number of nitrogens with one attached hydrogen (secondary N) is 2. The number of rotatable bonds is 4. The summed E-state index contributed by atoms with van der Waals surface area (Å²) in [6, 6.07) is 9.08. The van der Waals surface area contributed by atoms with Gasteiger partial charge >= 0.3 is 0 Å². The summed E-state index contributed by atoms with van der Waals surface area (Å²) in [6.45, 7) is 0. The Bertz CT molecular complexity index is 653. The zero-order valence-corrected chi connectivity index (χ0v) is 12.8. The van der Waals surface area contributed by atoms with Crippen molar-refractivity contribution >= 4 is 29.0 Å². The van der Waals surface area contributed by atoms with Gasteiger partial charge in [0, 0.05) is 22.8 Å². The van der Waals surface area contributed by atoms with E-state index in [0.29, 0.717) is 28.3 Å². The summed E-state index contributed by atoms with van der Waals surface area (Å²) in [5, 5.41) is 6.78. The molecule has 3 rings (SSSR count). The number of halogens is 1. The Balaban J connectivity index is 1.67. The van der Waals surface area contributed by atoms with E-state index >= 15 is 0 Å². The number of hydrogen-bond donors (Lipinski definition) is 2. The maximum atomic E-state index is 12.2. The molecule has 2 aromatic rings. The van der Waals surface area contributed by atoms with Crippen LogP contribution in [0, 0.1) is 0 Å². The van der Waals surface area contributed by atoms with E-state index in [2.05, 4.69) is 20.6 Å². The predicted octanol–water partition coefficient (Wildman–Crippen LogP) is 3.74. The third kappa shape index (κ3) is 3.74. The van der Waals surface area contributed by atoms with Crippen molar-refractivity contribution in [2.24, 2.45) is 0 Å². The summed E-state index contributed by atoms with van der Waals surface area (Å²) < 4.78 is 0. The number of hydrogen-bond acceptors (Lipinski definition) is 4. The number of benzene rings is 1. The first kappa shape index (κ1) is 14.8. The molecule has 0 saturated heterocycles. The Morgan fingerprint density at radius 1 is 1.14 bits per heavy atom. The summed E-state index contributed by atoms with van der Waals surface area (Å²) in [5.74, 6) is 0.433. The molecule has 1 fully saturated rings. The van der Waals surface area contributed by atoms with E-state index in [1.807, 2.05) is 0 Å². The standard InChI is InChI=1S/C16H17ClN4O/c17-11-5-7-13(8-6-11)21-16(22)14-9-15(19-10-18-14)20-12-3-1-2-4-12/h5-10,12H,1-4H2,(H,21,22)(H,18,19,20). The second-order valence-corrected chi connectivity index (χ2v) is 5.81. The van der Waals surface area contributed by atoms with Crippen LogP contribution in [0.5, 0.6) is 0 Å². The third-order valence-electron chi connectivity index (χ3n) is 3.71. The fourth-order valence-corrected chi connectivity index (χ4v) is 2.69. The monoisotopic (exact) mass is 316 g/mol. The number of aromatic nitrogens is 2. The molecule has 114 valence electrons. The maximum Gasteiger partial charge on any atom is 0.274 e. The number of carbonyl (C=O) groups is 1. The van der Waals surface area contributed by atoms with Crippen LogP contribution in [0.4, 0.5) is 11.5 Å². The SMILES string of the molecule is O=C(Nc1ccc(Cl)cc1)c1cc(NC2CCCC2)ncn1. The van der Waals surface area contributed by atoms with Crippen molar-refractivity contribution in [3.8, 4) is 0 Å². The second kappa shape index (κ2) is 6.75. The van der Waals surface area contributed by atoms with Gasteiger partial charge in [-0.2, -0.15) is 0 Å². The Kier molecular flexibility index (Phi) is 4.53. The first-order chi connectivity index (χ1) is 10.7. The molecule has 1 saturated carbocycles. The van der Waals surface area contributed by atoms with Crippen LogP contribution in [0.25, 0.3) is 0 Å². The van der Waals surface area contributed by atoms with E-state index in [0.717, 1.165) is 12.8 Å². The number of anilines is 2. The summed E-state index contributed by atoms with van der Waals surface area (Å²) >= 11 is 5.83. The molecule has 0 spiro atoms. The molecule has 1 aromatic carbocycles. The molecule has 0 bridgehead atoms. The average Bonchev–Trinajstić information content (AvgIpc) is 3.03. The molecular formula is C16H17ClN4O. The van der Waals surface area contributed by atoms with Crippen molar-refractivity contribution in [2.75, 3.05) is 10.6 Å². The molecule has 0 aliphatic heterocycles. The number of amides is 1. The van der Waals surface area contributed by atoms with Gasteiger partial charge in [-0.25, -0.2) is 9.97 Å². The minimum atomic E-state index is -0.265. The molecule has 0 atom stereocenters. The van der Waals surface area contributed by atoms with Crippen LogP contribution in [-0.4, -0.2) is 21.9 Å². The number of carbonyl (C=O) groups excluding carboxylic acids is 1. The molecule has 1 heterocycles. The zero-order valence-electron chi connectivity index (χ0n) is 12.1. The second-order valence-electron chi connectivity index (χ2n) is 5.38. The molecule has 1 amide bonds. The Morgan fingerprint density at radius 2 is 1.86 bits per heavy atom. The molecule has 5 nitrogen and oxygen atoms in total. The molecule has 6 heteroatoms. The lowest BCUT2D eigenvalue weighted by atomic mass is 10.2. The maximum absolute atomic E-state index is 12.2. The molecule has 0 unspecified atom stereocenters. The highest BCUT2D eigenvalue weighted by Crippen LogP contribution is 2.21. The van der Waals surface area contributed by atoms with Crippen LogP contribution in [0.3, 0.4) is 0 Å². The van der Waals surface area contributed by atoms with Gasteiger partial charge < -0.3 is 10.6 Å². The van der Waals surface area contributed by atoms with Crippen molar-refractivity contribution in [3.63, 3.8) is 0 Å². The molecule has 1 aromatic heterocycles. The van der Waals surface area contributed by atoms with Crippen molar-refractivity contribution in [1.82, 2.24) is 9.97 Å². The van der Waals surface area contributed by atoms with Gasteiger partial charge in [0.2, 0.25) is 0 Å². The fourth-order valence-electron chi connectivity index (χ4n) is 2.57. The van der Waals surface area contributed by atoms with Crippen molar-refractivity contribution in [2.45, 2.75) is 31.7 Å². The highest BCUT2D eigenvalue weighted by Gasteiger charge is 2.16. The molecule has 22 heavy (non-hydrogen) atoms. The van der Waals surface area contributed by atoms with Gasteiger partial charge in [-0.3, -0.25) is 4.79 Å². The zero-order chi connectivity index (χ0) is 15.4. The lowest BCUT2D eigenvalue weighted by molar-refractivity contribution is 0.102. The van der Waals surface area contributed by atoms with Gasteiger partial charge in [0.05, 0.1) is 0 Å². The quantitative estimate of drug-likeness (QED) is 0.901. The third-order valence-corrected chi connectivity index (χ3v) is 3.96. The van der Waals surface area contributed by atoms with Gasteiger partial charge in [-0.15, -0.1) is 0 Å². The van der Waals surface area contributed by atoms with Gasteiger partial charge in [-0.05, 0) is 37.1 Å². The van der Waals surface area contributed by atoms with Crippen LogP contribution < -0.4 is 10.6 Å². The van der Waals surface area contributed by atoms with Crippen molar-refractivity contribution in [3.05, 3.63) is 47.4 Å². The minimum absolute atomic E-state index is 0.265. The van der Waals surface area contributed by atoms with Crippen LogP contribution in [0.1, 0.15) is 36.2 Å². The molecule has 1 aliphatic rings. The topological polar surface area (TPSA) is 66.9 Å². The minimum Gasteiger partial charge on any atom is -0.367 e. The van der Waals surface area contributed by atoms with E-state index in [1.54, 1.807) is 30.3 Å². The van der Waals surface area contributed by atoms with E-state index in [1.165, 1.54) is 19.2 Å². The first-order valence-corrected chi connectivity index (χ1v) is 7.74. The number of nitrogens with zero attached hydrogens (tertiary/aromatic N) is 2. The normalized spacial score (nSPS) is 14.8. The van der Waals surface area contributed by atoms with Crippen LogP contribution >= 0.6 is 11.6 Å². The molecule has 1 aliphatic carbocycles. The molecule has 2 N–H and O–H groups in total. The van der Waals surface area contributed by atoms with Gasteiger partial charge in [0.15, 0.2) is 0 Å². The van der Waals surface area contributed by atoms with Gasteiger partial charge in [0.25, 0.3) is 5.91 Å². The molecular weight excluding hydrogens is 300 g/mol. The molecule has 0 radical (unpaired) electrons.